The number of carbonyl (C=O) groups excluding carboxylic acids is 1. The van der Waals surface area contributed by atoms with Gasteiger partial charge < -0.3 is 54.7 Å². The maximum atomic E-state index is 12.3. The van der Waals surface area contributed by atoms with Gasteiger partial charge in [0.05, 0.1) is 13.2 Å². The molecule has 0 aromatic rings. The Morgan fingerprint density at radius 1 is 0.778 bits per heavy atom. The van der Waals surface area contributed by atoms with Crippen LogP contribution in [0, 0.1) is 0 Å². The molecule has 36 heavy (non-hydrogen) atoms. The number of unbranched alkanes of at least 4 members (excludes halogenated alkanes) is 8. The van der Waals surface area contributed by atoms with E-state index < -0.39 is 80.6 Å². The molecule has 0 radical (unpaired) electrons. The largest absolute Gasteiger partial charge is 0.460 e. The zero-order chi connectivity index (χ0) is 26.7. The third kappa shape index (κ3) is 8.29. The van der Waals surface area contributed by atoms with Crippen LogP contribution in [0.1, 0.15) is 71.1 Å². The summed E-state index contributed by atoms with van der Waals surface area (Å²) in [6, 6.07) is 0. The Morgan fingerprint density at radius 3 is 1.92 bits per heavy atom. The van der Waals surface area contributed by atoms with Crippen LogP contribution in [0.25, 0.3) is 0 Å². The van der Waals surface area contributed by atoms with Gasteiger partial charge in [-0.3, -0.25) is 4.79 Å². The lowest BCUT2D eigenvalue weighted by atomic mass is 9.99. The van der Waals surface area contributed by atoms with Gasteiger partial charge in [0.2, 0.25) is 5.79 Å². The van der Waals surface area contributed by atoms with Gasteiger partial charge in [0.15, 0.2) is 6.29 Å². The van der Waals surface area contributed by atoms with E-state index in [2.05, 4.69) is 6.92 Å². The molecule has 0 spiro atoms. The third-order valence-corrected chi connectivity index (χ3v) is 6.77. The predicted molar refractivity (Wildman–Crippen MR) is 124 cm³/mol. The molecule has 7 N–H and O–H groups in total. The lowest BCUT2D eigenvalue weighted by molar-refractivity contribution is -0.383. The topological polar surface area (TPSA) is 196 Å². The van der Waals surface area contributed by atoms with Crippen molar-refractivity contribution >= 4 is 5.97 Å². The predicted octanol–water partition coefficient (Wildman–Crippen LogP) is -0.924. The fraction of sp³-hybridized carbons (Fsp3) is 0.958. The van der Waals surface area contributed by atoms with E-state index in [1.807, 2.05) is 0 Å². The van der Waals surface area contributed by atoms with E-state index in [0.29, 0.717) is 6.42 Å². The number of hydrogen-bond donors (Lipinski definition) is 7. The Hall–Kier alpha value is -0.930. The zero-order valence-electron chi connectivity index (χ0n) is 21.0. The first-order valence-corrected chi connectivity index (χ1v) is 13.0. The molecular formula is C24H44O12. The van der Waals surface area contributed by atoms with Gasteiger partial charge in [-0.05, 0) is 6.42 Å². The second kappa shape index (κ2) is 15.5. The molecule has 2 rings (SSSR count). The number of hydrogen-bond acceptors (Lipinski definition) is 12. The molecule has 12 heteroatoms. The molecule has 212 valence electrons. The van der Waals surface area contributed by atoms with Crippen LogP contribution in [0.15, 0.2) is 0 Å². The highest BCUT2D eigenvalue weighted by Gasteiger charge is 2.59. The van der Waals surface area contributed by atoms with Crippen molar-refractivity contribution in [3.8, 4) is 0 Å². The fourth-order valence-electron chi connectivity index (χ4n) is 4.45. The minimum atomic E-state index is -2.24. The van der Waals surface area contributed by atoms with Crippen molar-refractivity contribution in [2.45, 2.75) is 126 Å². The minimum Gasteiger partial charge on any atom is -0.460 e. The lowest BCUT2D eigenvalue weighted by Gasteiger charge is -2.43. The average molecular weight is 525 g/mol. The van der Waals surface area contributed by atoms with E-state index in [4.69, 9.17) is 18.9 Å². The van der Waals surface area contributed by atoms with E-state index in [1.165, 1.54) is 32.1 Å². The van der Waals surface area contributed by atoms with Crippen LogP contribution in [0.5, 0.6) is 0 Å². The summed E-state index contributed by atoms with van der Waals surface area (Å²) in [6.45, 7) is 0.0727. The highest BCUT2D eigenvalue weighted by molar-refractivity contribution is 5.69. The molecule has 0 aromatic heterocycles. The second-order valence-electron chi connectivity index (χ2n) is 9.64. The van der Waals surface area contributed by atoms with Crippen LogP contribution in [0.3, 0.4) is 0 Å². The van der Waals surface area contributed by atoms with Crippen LogP contribution in [-0.2, 0) is 23.7 Å². The molecule has 9 atom stereocenters. The summed E-state index contributed by atoms with van der Waals surface area (Å²) in [5, 5.41) is 70.0. The summed E-state index contributed by atoms with van der Waals surface area (Å²) in [4.78, 5) is 12.3. The zero-order valence-corrected chi connectivity index (χ0v) is 21.0. The molecule has 2 aliphatic heterocycles. The monoisotopic (exact) mass is 524 g/mol. The minimum absolute atomic E-state index is 0.119. The molecule has 9 unspecified atom stereocenters. The van der Waals surface area contributed by atoms with Crippen LogP contribution in [0.4, 0.5) is 0 Å². The number of ether oxygens (including phenoxy) is 4. The average Bonchev–Trinajstić information content (AvgIpc) is 3.11. The van der Waals surface area contributed by atoms with Gasteiger partial charge in [0, 0.05) is 6.42 Å². The Balaban J connectivity index is 1.91. The van der Waals surface area contributed by atoms with Gasteiger partial charge >= 0.3 is 5.97 Å². The van der Waals surface area contributed by atoms with Crippen LogP contribution in [-0.4, -0.2) is 116 Å². The van der Waals surface area contributed by atoms with Crippen molar-refractivity contribution in [3.05, 3.63) is 0 Å². The van der Waals surface area contributed by atoms with Crippen LogP contribution in [0.2, 0.25) is 0 Å². The smallest absolute Gasteiger partial charge is 0.305 e. The van der Waals surface area contributed by atoms with E-state index in [-0.39, 0.29) is 6.42 Å². The van der Waals surface area contributed by atoms with Gasteiger partial charge in [-0.2, -0.15) is 0 Å². The molecule has 0 bridgehead atoms. The summed E-state index contributed by atoms with van der Waals surface area (Å²) in [7, 11) is 0. The normalized spacial score (nSPS) is 36.8. The van der Waals surface area contributed by atoms with Crippen molar-refractivity contribution in [1.29, 1.82) is 0 Å². The molecule has 2 heterocycles. The third-order valence-electron chi connectivity index (χ3n) is 6.77. The molecular weight excluding hydrogens is 480 g/mol. The van der Waals surface area contributed by atoms with Crippen LogP contribution >= 0.6 is 0 Å². The highest BCUT2D eigenvalue weighted by Crippen LogP contribution is 2.36. The van der Waals surface area contributed by atoms with E-state index in [1.54, 1.807) is 0 Å². The lowest BCUT2D eigenvalue weighted by Crippen LogP contribution is -2.62. The van der Waals surface area contributed by atoms with E-state index >= 15 is 0 Å². The second-order valence-corrected chi connectivity index (χ2v) is 9.64. The maximum Gasteiger partial charge on any atom is 0.305 e. The standard InChI is InChI=1S/C24H44O12/c1-2-3-4-5-6-7-8-9-10-11-17(27)33-14-24(22(32)19(29)16(13-26)35-24)36-23-21(31)20(30)18(28)15(12-25)34-23/h15-16,18-23,25-26,28-32H,2-14H2,1H3. The van der Waals surface area contributed by atoms with Crippen molar-refractivity contribution in [2.75, 3.05) is 19.8 Å². The summed E-state index contributed by atoms with van der Waals surface area (Å²) in [5.74, 6) is -2.83. The molecule has 2 fully saturated rings. The van der Waals surface area contributed by atoms with Gasteiger partial charge in [-0.1, -0.05) is 58.3 Å². The molecule has 0 aliphatic carbocycles. The highest BCUT2D eigenvalue weighted by atomic mass is 16.8. The molecule has 0 saturated carbocycles. The van der Waals surface area contributed by atoms with Gasteiger partial charge in [0.1, 0.15) is 49.3 Å². The first-order chi connectivity index (χ1) is 17.2. The SMILES string of the molecule is CCCCCCCCCCCC(=O)OCC1(OC2OC(CO)C(O)C(O)C2O)OC(CO)C(O)C1O. The van der Waals surface area contributed by atoms with Crippen molar-refractivity contribution in [1.82, 2.24) is 0 Å². The summed E-state index contributed by atoms with van der Waals surface area (Å²) >= 11 is 0. The van der Waals surface area contributed by atoms with Crippen molar-refractivity contribution < 1.29 is 59.5 Å². The molecule has 2 aliphatic rings. The fourth-order valence-corrected chi connectivity index (χ4v) is 4.45. The number of esters is 1. The number of carbonyl (C=O) groups is 1. The Bertz CT molecular complexity index is 634. The molecule has 0 amide bonds. The molecule has 0 aromatic carbocycles. The molecule has 12 nitrogen and oxygen atoms in total. The van der Waals surface area contributed by atoms with E-state index in [9.17, 15) is 40.5 Å². The Morgan fingerprint density at radius 2 is 1.36 bits per heavy atom. The van der Waals surface area contributed by atoms with Gasteiger partial charge in [-0.25, -0.2) is 0 Å². The first-order valence-electron chi connectivity index (χ1n) is 13.0. The maximum absolute atomic E-state index is 12.3. The number of aliphatic hydroxyl groups is 7. The summed E-state index contributed by atoms with van der Waals surface area (Å²) < 4.78 is 21.6. The van der Waals surface area contributed by atoms with Crippen molar-refractivity contribution in [3.63, 3.8) is 0 Å². The molecule has 2 saturated heterocycles. The van der Waals surface area contributed by atoms with E-state index in [0.717, 1.165) is 19.3 Å². The van der Waals surface area contributed by atoms with Gasteiger partial charge in [-0.15, -0.1) is 0 Å². The quantitative estimate of drug-likeness (QED) is 0.0970. The summed E-state index contributed by atoms with van der Waals surface area (Å²) in [6.07, 6.45) is -3.16. The van der Waals surface area contributed by atoms with Crippen LogP contribution < -0.4 is 0 Å². The van der Waals surface area contributed by atoms with Crippen molar-refractivity contribution in [2.24, 2.45) is 0 Å². The number of rotatable bonds is 16. The Labute approximate surface area is 211 Å². The first kappa shape index (κ1) is 31.3. The Kier molecular flexibility index (Phi) is 13.4. The van der Waals surface area contributed by atoms with Gasteiger partial charge in [0.25, 0.3) is 0 Å². The number of aliphatic hydroxyl groups excluding tert-OH is 7. The summed E-state index contributed by atoms with van der Waals surface area (Å²) in [5.41, 5.74) is 0.